The molecule has 1 saturated heterocycles. The Morgan fingerprint density at radius 2 is 1.38 bits per heavy atom. The molecule has 1 aliphatic rings. The lowest BCUT2D eigenvalue weighted by molar-refractivity contribution is -0.142. The molecule has 4 amide bonds. The predicted octanol–water partition coefficient (Wildman–Crippen LogP) is 4.20. The van der Waals surface area contributed by atoms with Gasteiger partial charge in [0.05, 0.1) is 18.5 Å². The zero-order valence-corrected chi connectivity index (χ0v) is 26.6. The number of carbonyl (C=O) groups excluding carboxylic acids is 5. The summed E-state index contributed by atoms with van der Waals surface area (Å²) in [5, 5.41) is 8.09. The van der Waals surface area contributed by atoms with Gasteiger partial charge in [0.2, 0.25) is 11.8 Å². The number of Topliss-reactive ketones (excluding diaryl/α,β-unsaturated/α-hetero) is 1. The Balaban J connectivity index is 1.51. The van der Waals surface area contributed by atoms with Gasteiger partial charge in [0.25, 0.3) is 0 Å². The van der Waals surface area contributed by atoms with Crippen LogP contribution in [0, 0.1) is 17.8 Å². The Morgan fingerprint density at radius 3 is 1.91 bits per heavy atom. The van der Waals surface area contributed by atoms with Crippen LogP contribution >= 0.6 is 0 Å². The largest absolute Gasteiger partial charge is 0.445 e. The molecule has 1 unspecified atom stereocenters. The maximum atomic E-state index is 13.4. The van der Waals surface area contributed by atoms with Crippen LogP contribution in [-0.4, -0.2) is 66.4 Å². The Hall–Kier alpha value is -4.41. The maximum absolute atomic E-state index is 13.4. The van der Waals surface area contributed by atoms with Crippen LogP contribution in [0.3, 0.4) is 0 Å². The summed E-state index contributed by atoms with van der Waals surface area (Å²) in [6.45, 7) is 8.21. The minimum absolute atomic E-state index is 0.0653. The summed E-state index contributed by atoms with van der Waals surface area (Å²) in [5.41, 5.74) is 1.67. The van der Waals surface area contributed by atoms with E-state index in [4.69, 9.17) is 9.47 Å². The van der Waals surface area contributed by atoms with Crippen molar-refractivity contribution in [2.24, 2.45) is 17.8 Å². The second-order valence-corrected chi connectivity index (χ2v) is 12.2. The molecule has 0 aliphatic carbocycles. The number of hydrogen-bond acceptors (Lipinski definition) is 7. The molecule has 1 aliphatic heterocycles. The Morgan fingerprint density at radius 1 is 0.822 bits per heavy atom. The molecule has 3 N–H and O–H groups in total. The fraction of sp³-hybridized carbons (Fsp3) is 0.500. The maximum Gasteiger partial charge on any atom is 0.408 e. The van der Waals surface area contributed by atoms with Crippen LogP contribution in [0.2, 0.25) is 0 Å². The number of piperidine rings is 1. The zero-order valence-electron chi connectivity index (χ0n) is 26.6. The molecule has 0 saturated carbocycles. The summed E-state index contributed by atoms with van der Waals surface area (Å²) >= 11 is 0. The molecule has 3 rings (SSSR count). The van der Waals surface area contributed by atoms with Gasteiger partial charge in [-0.3, -0.25) is 14.4 Å². The van der Waals surface area contributed by atoms with E-state index in [1.54, 1.807) is 0 Å². The topological polar surface area (TPSA) is 143 Å². The van der Waals surface area contributed by atoms with Crippen molar-refractivity contribution in [1.82, 2.24) is 20.9 Å². The third-order valence-corrected chi connectivity index (χ3v) is 7.39. The molecule has 2 aromatic rings. The average Bonchev–Trinajstić information content (AvgIpc) is 3.02. The normalized spacial score (nSPS) is 16.1. The van der Waals surface area contributed by atoms with E-state index < -0.39 is 36.1 Å². The molecule has 1 heterocycles. The van der Waals surface area contributed by atoms with Gasteiger partial charge in [0, 0.05) is 13.1 Å². The number of rotatable bonds is 14. The lowest BCUT2D eigenvalue weighted by Crippen LogP contribution is -2.57. The first kappa shape index (κ1) is 35.1. The molecule has 2 aromatic carbocycles. The predicted molar refractivity (Wildman–Crippen MR) is 169 cm³/mol. The number of likely N-dealkylation sites (tertiary alicyclic amines) is 1. The molecule has 0 radical (unpaired) electrons. The Bertz CT molecular complexity index is 1270. The molecule has 0 bridgehead atoms. The minimum atomic E-state index is -0.885. The summed E-state index contributed by atoms with van der Waals surface area (Å²) in [5.74, 6) is -1.27. The van der Waals surface area contributed by atoms with Gasteiger partial charge >= 0.3 is 12.2 Å². The number of amides is 4. The van der Waals surface area contributed by atoms with Crippen LogP contribution < -0.4 is 16.0 Å². The van der Waals surface area contributed by atoms with Gasteiger partial charge in [0.15, 0.2) is 5.78 Å². The summed E-state index contributed by atoms with van der Waals surface area (Å²) in [6, 6.07) is 16.8. The van der Waals surface area contributed by atoms with E-state index in [-0.39, 0.29) is 62.8 Å². The summed E-state index contributed by atoms with van der Waals surface area (Å²) < 4.78 is 10.6. The third kappa shape index (κ3) is 12.2. The highest BCUT2D eigenvalue weighted by molar-refractivity contribution is 5.95. The number of nitrogens with zero attached hydrogens (tertiary/aromatic N) is 1. The third-order valence-electron chi connectivity index (χ3n) is 7.39. The quantitative estimate of drug-likeness (QED) is 0.287. The number of nitrogens with one attached hydrogen (secondary N) is 3. The Kier molecular flexibility index (Phi) is 13.9. The summed E-state index contributed by atoms with van der Waals surface area (Å²) in [6.07, 6.45) is -0.225. The van der Waals surface area contributed by atoms with Crippen LogP contribution in [-0.2, 0) is 37.1 Å². The highest BCUT2D eigenvalue weighted by Gasteiger charge is 2.35. The van der Waals surface area contributed by atoms with Gasteiger partial charge in [-0.05, 0) is 42.2 Å². The van der Waals surface area contributed by atoms with Crippen LogP contribution in [0.1, 0.15) is 58.1 Å². The second kappa shape index (κ2) is 17.8. The van der Waals surface area contributed by atoms with Crippen molar-refractivity contribution in [3.63, 3.8) is 0 Å². The van der Waals surface area contributed by atoms with Crippen molar-refractivity contribution < 1.29 is 33.4 Å². The summed E-state index contributed by atoms with van der Waals surface area (Å²) in [7, 11) is 0. The van der Waals surface area contributed by atoms with E-state index in [1.165, 1.54) is 4.90 Å². The number of carbonyl (C=O) groups is 5. The SMILES string of the molecule is CC(C)C[C@@H](CNC(=O)OCc1ccccc1)C(=O)N1CCC(NC(=O)[C@H](CC(C)C)NC(=O)OCc2ccccc2)C(=O)C1. The van der Waals surface area contributed by atoms with Crippen LogP contribution in [0.4, 0.5) is 9.59 Å². The molecule has 11 heteroatoms. The first-order valence-electron chi connectivity index (χ1n) is 15.6. The van der Waals surface area contributed by atoms with Crippen LogP contribution in [0.25, 0.3) is 0 Å². The smallest absolute Gasteiger partial charge is 0.408 e. The highest BCUT2D eigenvalue weighted by atomic mass is 16.6. The van der Waals surface area contributed by atoms with Gasteiger partial charge in [-0.1, -0.05) is 88.4 Å². The first-order valence-corrected chi connectivity index (χ1v) is 15.6. The van der Waals surface area contributed by atoms with E-state index in [1.807, 2.05) is 88.4 Å². The molecule has 0 spiro atoms. The van der Waals surface area contributed by atoms with E-state index in [0.29, 0.717) is 12.8 Å². The van der Waals surface area contributed by atoms with E-state index in [2.05, 4.69) is 16.0 Å². The Labute approximate surface area is 265 Å². The van der Waals surface area contributed by atoms with Crippen molar-refractivity contribution in [1.29, 1.82) is 0 Å². The second-order valence-electron chi connectivity index (χ2n) is 12.2. The van der Waals surface area contributed by atoms with Crippen LogP contribution in [0.15, 0.2) is 60.7 Å². The minimum Gasteiger partial charge on any atom is -0.445 e. The zero-order chi connectivity index (χ0) is 32.8. The van der Waals surface area contributed by atoms with E-state index >= 15 is 0 Å². The molecule has 45 heavy (non-hydrogen) atoms. The number of benzene rings is 2. The fourth-order valence-electron chi connectivity index (χ4n) is 5.13. The van der Waals surface area contributed by atoms with Crippen molar-refractivity contribution in [3.8, 4) is 0 Å². The van der Waals surface area contributed by atoms with Crippen LogP contribution in [0.5, 0.6) is 0 Å². The molecule has 3 atom stereocenters. The lowest BCUT2D eigenvalue weighted by Gasteiger charge is -2.34. The standard InChI is InChI=1S/C34H46N4O7/c1-23(2)17-27(19-35-33(42)44-21-25-11-7-5-8-12-25)32(41)38-16-15-28(30(39)20-38)36-31(40)29(18-24(3)4)37-34(43)45-22-26-13-9-6-10-14-26/h5-14,23-24,27-29H,15-22H2,1-4H3,(H,35,42)(H,36,40)(H,37,43)/t27-,28?,29-/m0/s1. The molecule has 11 nitrogen and oxygen atoms in total. The van der Waals surface area contributed by atoms with Crippen molar-refractivity contribution >= 4 is 29.8 Å². The lowest BCUT2D eigenvalue weighted by atomic mass is 9.94. The van der Waals surface area contributed by atoms with E-state index in [9.17, 15) is 24.0 Å². The molecule has 244 valence electrons. The molecule has 0 aromatic heterocycles. The number of hydrogen-bond donors (Lipinski definition) is 3. The van der Waals surface area contributed by atoms with E-state index in [0.717, 1.165) is 11.1 Å². The molecule has 1 fully saturated rings. The number of ether oxygens (including phenoxy) is 2. The fourth-order valence-corrected chi connectivity index (χ4v) is 5.13. The monoisotopic (exact) mass is 622 g/mol. The van der Waals surface area contributed by atoms with Crippen molar-refractivity contribution in [3.05, 3.63) is 71.8 Å². The van der Waals surface area contributed by atoms with Crippen molar-refractivity contribution in [2.75, 3.05) is 19.6 Å². The summed E-state index contributed by atoms with van der Waals surface area (Å²) in [4.78, 5) is 66.0. The number of ketones is 1. The average molecular weight is 623 g/mol. The number of alkyl carbamates (subject to hydrolysis) is 2. The van der Waals surface area contributed by atoms with Gasteiger partial charge in [-0.15, -0.1) is 0 Å². The van der Waals surface area contributed by atoms with Gasteiger partial charge in [-0.25, -0.2) is 9.59 Å². The molecular weight excluding hydrogens is 576 g/mol. The molecular formula is C34H46N4O7. The van der Waals surface area contributed by atoms with Gasteiger partial charge < -0.3 is 30.3 Å². The highest BCUT2D eigenvalue weighted by Crippen LogP contribution is 2.18. The van der Waals surface area contributed by atoms with Gasteiger partial charge in [0.1, 0.15) is 19.3 Å². The first-order chi connectivity index (χ1) is 21.5. The van der Waals surface area contributed by atoms with Crippen molar-refractivity contribution in [2.45, 2.75) is 72.3 Å². The van der Waals surface area contributed by atoms with Gasteiger partial charge in [-0.2, -0.15) is 0 Å².